The van der Waals surface area contributed by atoms with Gasteiger partial charge in [-0.1, -0.05) is 0 Å². The van der Waals surface area contributed by atoms with Crippen molar-refractivity contribution in [2.75, 3.05) is 46.4 Å². The fraction of sp³-hybridized carbons (Fsp3) is 0.733. The molecule has 0 aromatic carbocycles. The summed E-state index contributed by atoms with van der Waals surface area (Å²) in [5.74, 6) is 1.11. The highest BCUT2D eigenvalue weighted by Gasteiger charge is 2.29. The van der Waals surface area contributed by atoms with Crippen LogP contribution in [0.2, 0.25) is 0 Å². The zero-order chi connectivity index (χ0) is 13.8. The fourth-order valence-corrected chi connectivity index (χ4v) is 3.25. The van der Waals surface area contributed by atoms with E-state index < -0.39 is 0 Å². The first kappa shape index (κ1) is 14.1. The van der Waals surface area contributed by atoms with Crippen LogP contribution in [-0.4, -0.2) is 62.3 Å². The Morgan fingerprint density at radius 3 is 2.95 bits per heavy atom. The second-order valence-electron chi connectivity index (χ2n) is 5.73. The van der Waals surface area contributed by atoms with Crippen molar-refractivity contribution in [3.05, 3.63) is 23.7 Å². The molecular formula is C15H25N3O2. The molecule has 1 aromatic rings. The molecule has 1 N–H and O–H groups in total. The van der Waals surface area contributed by atoms with Crippen molar-refractivity contribution in [1.82, 2.24) is 15.1 Å². The first-order valence-electron chi connectivity index (χ1n) is 7.61. The average Bonchev–Trinajstić information content (AvgIpc) is 3.11. The van der Waals surface area contributed by atoms with Crippen LogP contribution in [0.4, 0.5) is 0 Å². The van der Waals surface area contributed by atoms with Gasteiger partial charge in [-0.25, -0.2) is 0 Å². The van der Waals surface area contributed by atoms with Gasteiger partial charge in [-0.2, -0.15) is 0 Å². The molecule has 2 fully saturated rings. The van der Waals surface area contributed by atoms with Crippen molar-refractivity contribution < 1.29 is 9.15 Å². The first-order valence-corrected chi connectivity index (χ1v) is 7.61. The lowest BCUT2D eigenvalue weighted by Gasteiger charge is -2.32. The number of nitrogens with one attached hydrogen (secondary N) is 1. The Labute approximate surface area is 120 Å². The molecule has 1 atom stereocenters. The van der Waals surface area contributed by atoms with Crippen LogP contribution < -0.4 is 5.32 Å². The van der Waals surface area contributed by atoms with E-state index in [2.05, 4.69) is 21.2 Å². The van der Waals surface area contributed by atoms with Crippen molar-refractivity contribution in [2.24, 2.45) is 0 Å². The van der Waals surface area contributed by atoms with E-state index in [-0.39, 0.29) is 0 Å². The average molecular weight is 279 g/mol. The van der Waals surface area contributed by atoms with Crippen molar-refractivity contribution in [3.63, 3.8) is 0 Å². The quantitative estimate of drug-likeness (QED) is 0.867. The summed E-state index contributed by atoms with van der Waals surface area (Å²) in [4.78, 5) is 5.10. The number of furan rings is 1. The van der Waals surface area contributed by atoms with Gasteiger partial charge in [0.15, 0.2) is 0 Å². The Hall–Kier alpha value is -0.880. The SMILES string of the molecule is CNCc1ccoc1CN1CCC(N2CCOCC2)C1. The number of ether oxygens (including phenoxy) is 1. The Balaban J connectivity index is 1.53. The number of likely N-dealkylation sites (tertiary alicyclic amines) is 1. The Morgan fingerprint density at radius 1 is 1.30 bits per heavy atom. The van der Waals surface area contributed by atoms with E-state index in [0.29, 0.717) is 6.04 Å². The topological polar surface area (TPSA) is 40.9 Å². The summed E-state index contributed by atoms with van der Waals surface area (Å²) < 4.78 is 11.1. The molecule has 112 valence electrons. The lowest BCUT2D eigenvalue weighted by Crippen LogP contribution is -2.44. The molecule has 1 aromatic heterocycles. The van der Waals surface area contributed by atoms with Crippen molar-refractivity contribution >= 4 is 0 Å². The minimum Gasteiger partial charge on any atom is -0.468 e. The van der Waals surface area contributed by atoms with E-state index >= 15 is 0 Å². The maximum Gasteiger partial charge on any atom is 0.122 e. The maximum atomic E-state index is 5.64. The van der Waals surface area contributed by atoms with Gasteiger partial charge in [0, 0.05) is 44.3 Å². The van der Waals surface area contributed by atoms with Gasteiger partial charge in [0.05, 0.1) is 26.0 Å². The minimum atomic E-state index is 0.696. The second kappa shape index (κ2) is 6.72. The number of hydrogen-bond acceptors (Lipinski definition) is 5. The Bertz CT molecular complexity index is 415. The van der Waals surface area contributed by atoms with Gasteiger partial charge in [0.2, 0.25) is 0 Å². The molecule has 3 heterocycles. The Morgan fingerprint density at radius 2 is 2.15 bits per heavy atom. The zero-order valence-corrected chi connectivity index (χ0v) is 12.3. The zero-order valence-electron chi connectivity index (χ0n) is 12.3. The summed E-state index contributed by atoms with van der Waals surface area (Å²) in [6.45, 7) is 8.09. The van der Waals surface area contributed by atoms with Crippen molar-refractivity contribution in [3.8, 4) is 0 Å². The highest BCUT2D eigenvalue weighted by atomic mass is 16.5. The Kier molecular flexibility index (Phi) is 4.73. The van der Waals surface area contributed by atoms with Crippen LogP contribution in [0.3, 0.4) is 0 Å². The van der Waals surface area contributed by atoms with Gasteiger partial charge in [-0.3, -0.25) is 9.80 Å². The first-order chi connectivity index (χ1) is 9.86. The second-order valence-corrected chi connectivity index (χ2v) is 5.73. The lowest BCUT2D eigenvalue weighted by molar-refractivity contribution is 0.0182. The summed E-state index contributed by atoms with van der Waals surface area (Å²) in [5.41, 5.74) is 1.28. The molecule has 0 aliphatic carbocycles. The highest BCUT2D eigenvalue weighted by Crippen LogP contribution is 2.21. The van der Waals surface area contributed by atoms with E-state index in [4.69, 9.17) is 9.15 Å². The fourth-order valence-electron chi connectivity index (χ4n) is 3.25. The van der Waals surface area contributed by atoms with Crippen molar-refractivity contribution in [2.45, 2.75) is 25.6 Å². The molecule has 1 unspecified atom stereocenters. The lowest BCUT2D eigenvalue weighted by atomic mass is 10.2. The molecule has 20 heavy (non-hydrogen) atoms. The van der Waals surface area contributed by atoms with Gasteiger partial charge in [-0.05, 0) is 19.5 Å². The van der Waals surface area contributed by atoms with Crippen LogP contribution >= 0.6 is 0 Å². The monoisotopic (exact) mass is 279 g/mol. The number of morpholine rings is 1. The smallest absolute Gasteiger partial charge is 0.122 e. The third-order valence-corrected chi connectivity index (χ3v) is 4.38. The summed E-state index contributed by atoms with van der Waals surface area (Å²) in [7, 11) is 1.97. The number of nitrogens with zero attached hydrogens (tertiary/aromatic N) is 2. The molecule has 0 radical (unpaired) electrons. The predicted octanol–water partition coefficient (Wildman–Crippen LogP) is 0.906. The van der Waals surface area contributed by atoms with Crippen LogP contribution in [0.5, 0.6) is 0 Å². The molecule has 0 saturated carbocycles. The number of rotatable bonds is 5. The van der Waals surface area contributed by atoms with Gasteiger partial charge < -0.3 is 14.5 Å². The molecule has 0 spiro atoms. The van der Waals surface area contributed by atoms with Crippen LogP contribution in [0.15, 0.2) is 16.7 Å². The third-order valence-electron chi connectivity index (χ3n) is 4.38. The maximum absolute atomic E-state index is 5.64. The number of hydrogen-bond donors (Lipinski definition) is 1. The van der Waals surface area contributed by atoms with Crippen LogP contribution in [0, 0.1) is 0 Å². The largest absolute Gasteiger partial charge is 0.468 e. The van der Waals surface area contributed by atoms with Gasteiger partial charge >= 0.3 is 0 Å². The molecule has 2 aliphatic heterocycles. The molecule has 3 rings (SSSR count). The van der Waals surface area contributed by atoms with E-state index in [1.807, 2.05) is 7.05 Å². The van der Waals surface area contributed by atoms with E-state index in [0.717, 1.165) is 51.7 Å². The molecule has 0 amide bonds. The summed E-state index contributed by atoms with van der Waals surface area (Å²) in [6.07, 6.45) is 3.07. The molecule has 5 nitrogen and oxygen atoms in total. The van der Waals surface area contributed by atoms with Gasteiger partial charge in [0.25, 0.3) is 0 Å². The van der Waals surface area contributed by atoms with Crippen LogP contribution in [0.25, 0.3) is 0 Å². The van der Waals surface area contributed by atoms with Crippen LogP contribution in [0.1, 0.15) is 17.7 Å². The van der Waals surface area contributed by atoms with E-state index in [1.54, 1.807) is 6.26 Å². The minimum absolute atomic E-state index is 0.696. The highest BCUT2D eigenvalue weighted by molar-refractivity contribution is 5.17. The third kappa shape index (κ3) is 3.23. The summed E-state index contributed by atoms with van der Waals surface area (Å²) in [6, 6.07) is 2.77. The summed E-state index contributed by atoms with van der Waals surface area (Å²) in [5, 5.41) is 3.20. The van der Waals surface area contributed by atoms with Crippen LogP contribution in [-0.2, 0) is 17.8 Å². The molecule has 5 heteroatoms. The normalized spacial score (nSPS) is 25.4. The summed E-state index contributed by atoms with van der Waals surface area (Å²) >= 11 is 0. The van der Waals surface area contributed by atoms with Gasteiger partial charge in [0.1, 0.15) is 5.76 Å². The van der Waals surface area contributed by atoms with Gasteiger partial charge in [-0.15, -0.1) is 0 Å². The predicted molar refractivity (Wildman–Crippen MR) is 77.5 cm³/mol. The molecule has 2 aliphatic rings. The van der Waals surface area contributed by atoms with E-state index in [9.17, 15) is 0 Å². The standard InChI is InChI=1S/C15H25N3O2/c1-16-10-13-3-7-20-15(13)12-17-4-2-14(11-17)18-5-8-19-9-6-18/h3,7,14,16H,2,4-6,8-12H2,1H3. The molecular weight excluding hydrogens is 254 g/mol. The van der Waals surface area contributed by atoms with Crippen molar-refractivity contribution in [1.29, 1.82) is 0 Å². The van der Waals surface area contributed by atoms with E-state index in [1.165, 1.54) is 18.5 Å². The molecule has 2 saturated heterocycles. The molecule has 0 bridgehead atoms.